The second kappa shape index (κ2) is 9.05. The maximum atomic E-state index is 6.36. The summed E-state index contributed by atoms with van der Waals surface area (Å²) < 4.78 is 11.3. The largest absolute Gasteiger partial charge is 0.456 e. The summed E-state index contributed by atoms with van der Waals surface area (Å²) >= 11 is 0. The molecule has 3 heterocycles. The monoisotopic (exact) mass is 614 g/mol. The Morgan fingerprint density at radius 3 is 1.94 bits per heavy atom. The maximum Gasteiger partial charge on any atom is 0.137 e. The molecular formula is C45H30N2O. The predicted molar refractivity (Wildman–Crippen MR) is 200 cm³/mol. The molecule has 3 aromatic heterocycles. The highest BCUT2D eigenvalue weighted by Crippen LogP contribution is 2.50. The summed E-state index contributed by atoms with van der Waals surface area (Å²) in [6.07, 6.45) is 0. The summed E-state index contributed by atoms with van der Waals surface area (Å²) in [5.41, 5.74) is 14.3. The smallest absolute Gasteiger partial charge is 0.137 e. The molecule has 11 rings (SSSR count). The van der Waals surface area contributed by atoms with Crippen molar-refractivity contribution < 1.29 is 4.42 Å². The number of hydrogen-bond acceptors (Lipinski definition) is 1. The average molecular weight is 615 g/mol. The summed E-state index contributed by atoms with van der Waals surface area (Å²) in [6.45, 7) is 4.72. The molecular weight excluding hydrogens is 585 g/mol. The first kappa shape index (κ1) is 26.1. The van der Waals surface area contributed by atoms with E-state index in [2.05, 4.69) is 156 Å². The van der Waals surface area contributed by atoms with E-state index in [1.165, 1.54) is 71.6 Å². The number of para-hydroxylation sites is 3. The lowest BCUT2D eigenvalue weighted by molar-refractivity contribution is 0.660. The molecule has 0 unspecified atom stereocenters. The van der Waals surface area contributed by atoms with Crippen LogP contribution in [0.4, 0.5) is 0 Å². The molecule has 0 amide bonds. The van der Waals surface area contributed by atoms with Crippen molar-refractivity contribution in [2.75, 3.05) is 0 Å². The highest BCUT2D eigenvalue weighted by atomic mass is 16.3. The number of rotatable bonds is 2. The van der Waals surface area contributed by atoms with Crippen molar-refractivity contribution in [2.24, 2.45) is 0 Å². The Kier molecular flexibility index (Phi) is 4.91. The van der Waals surface area contributed by atoms with Gasteiger partial charge in [0.25, 0.3) is 0 Å². The Labute approximate surface area is 276 Å². The van der Waals surface area contributed by atoms with Crippen molar-refractivity contribution in [3.05, 3.63) is 157 Å². The molecule has 0 N–H and O–H groups in total. The third kappa shape index (κ3) is 3.23. The van der Waals surface area contributed by atoms with Crippen LogP contribution >= 0.6 is 0 Å². The number of furan rings is 1. The number of aromatic nitrogens is 2. The van der Waals surface area contributed by atoms with Crippen LogP contribution in [0.1, 0.15) is 25.0 Å². The van der Waals surface area contributed by atoms with Crippen molar-refractivity contribution in [3.63, 3.8) is 0 Å². The Hall–Kier alpha value is -6.06. The van der Waals surface area contributed by atoms with Crippen molar-refractivity contribution >= 4 is 65.6 Å². The predicted octanol–water partition coefficient (Wildman–Crippen LogP) is 12.1. The first-order valence-electron chi connectivity index (χ1n) is 16.7. The molecule has 0 saturated heterocycles. The average Bonchev–Trinajstić information content (AvgIpc) is 3.83. The van der Waals surface area contributed by atoms with E-state index in [4.69, 9.17) is 4.42 Å². The standard InChI is InChI=1S/C45H30N2O/c1-45(2)36-15-7-3-11-29(36)30-21-19-27(25-37(30)45)47-38-16-8-4-12-31(38)34-23-24-40-43(44(34)47)35-14-5-9-17-39(35)46(40)28-20-22-33-32-13-6-10-18-41(32)48-42(33)26-28/h3-26H,1-2H3. The molecule has 0 atom stereocenters. The molecule has 0 aliphatic heterocycles. The first-order chi connectivity index (χ1) is 23.6. The molecule has 0 saturated carbocycles. The maximum absolute atomic E-state index is 6.36. The van der Waals surface area contributed by atoms with Crippen LogP contribution in [0.2, 0.25) is 0 Å². The zero-order valence-electron chi connectivity index (χ0n) is 26.7. The molecule has 48 heavy (non-hydrogen) atoms. The molecule has 0 radical (unpaired) electrons. The van der Waals surface area contributed by atoms with Crippen LogP contribution in [-0.4, -0.2) is 9.13 Å². The Morgan fingerprint density at radius 1 is 0.438 bits per heavy atom. The summed E-state index contributed by atoms with van der Waals surface area (Å²) in [4.78, 5) is 0. The van der Waals surface area contributed by atoms with E-state index in [0.29, 0.717) is 0 Å². The fourth-order valence-corrected chi connectivity index (χ4v) is 8.74. The highest BCUT2D eigenvalue weighted by Gasteiger charge is 2.35. The van der Waals surface area contributed by atoms with Gasteiger partial charge in [-0.3, -0.25) is 0 Å². The molecule has 3 heteroatoms. The lowest BCUT2D eigenvalue weighted by Crippen LogP contribution is -2.15. The van der Waals surface area contributed by atoms with Gasteiger partial charge < -0.3 is 13.6 Å². The molecule has 7 aromatic carbocycles. The van der Waals surface area contributed by atoms with Gasteiger partial charge in [-0.25, -0.2) is 0 Å². The van der Waals surface area contributed by atoms with Gasteiger partial charge in [-0.05, 0) is 70.8 Å². The lowest BCUT2D eigenvalue weighted by atomic mass is 9.82. The van der Waals surface area contributed by atoms with Crippen molar-refractivity contribution in [2.45, 2.75) is 19.3 Å². The second-order valence-electron chi connectivity index (χ2n) is 13.7. The number of nitrogens with zero attached hydrogens (tertiary/aromatic N) is 2. The molecule has 226 valence electrons. The molecule has 10 aromatic rings. The fraction of sp³-hybridized carbons (Fsp3) is 0.0667. The van der Waals surface area contributed by atoms with Crippen molar-refractivity contribution in [1.82, 2.24) is 9.13 Å². The van der Waals surface area contributed by atoms with Gasteiger partial charge in [0.2, 0.25) is 0 Å². The molecule has 0 bridgehead atoms. The van der Waals surface area contributed by atoms with E-state index in [-0.39, 0.29) is 5.41 Å². The van der Waals surface area contributed by atoms with Crippen LogP contribution in [-0.2, 0) is 5.41 Å². The van der Waals surface area contributed by atoms with Gasteiger partial charge in [-0.15, -0.1) is 0 Å². The van der Waals surface area contributed by atoms with Gasteiger partial charge in [0, 0.05) is 55.2 Å². The Bertz CT molecular complexity index is 2980. The van der Waals surface area contributed by atoms with E-state index >= 15 is 0 Å². The molecule has 0 fully saturated rings. The van der Waals surface area contributed by atoms with Crippen molar-refractivity contribution in [3.8, 4) is 22.5 Å². The van der Waals surface area contributed by atoms with E-state index in [0.717, 1.165) is 27.6 Å². The Morgan fingerprint density at radius 2 is 1.06 bits per heavy atom. The van der Waals surface area contributed by atoms with Crippen LogP contribution < -0.4 is 0 Å². The van der Waals surface area contributed by atoms with Gasteiger partial charge in [-0.1, -0.05) is 105 Å². The summed E-state index contributed by atoms with van der Waals surface area (Å²) in [5, 5.41) is 7.30. The normalized spacial score (nSPS) is 13.8. The minimum atomic E-state index is -0.0820. The fourth-order valence-electron chi connectivity index (χ4n) is 8.74. The van der Waals surface area contributed by atoms with Crippen LogP contribution in [0.25, 0.3) is 88.1 Å². The Balaban J connectivity index is 1.24. The van der Waals surface area contributed by atoms with Crippen LogP contribution in [0.15, 0.2) is 150 Å². The van der Waals surface area contributed by atoms with Gasteiger partial charge >= 0.3 is 0 Å². The SMILES string of the molecule is CC1(C)c2ccccc2-c2ccc(-n3c4ccccc4c4ccc5c(c6ccccc6n5-c5ccc6c(c5)oc5ccccc56)c43)cc21. The third-order valence-corrected chi connectivity index (χ3v) is 10.9. The van der Waals surface area contributed by atoms with Gasteiger partial charge in [0.05, 0.1) is 22.1 Å². The number of hydrogen-bond donors (Lipinski definition) is 0. The summed E-state index contributed by atoms with van der Waals surface area (Å²) in [6, 6.07) is 53.2. The molecule has 1 aliphatic carbocycles. The van der Waals surface area contributed by atoms with Gasteiger partial charge in [0.1, 0.15) is 11.2 Å². The van der Waals surface area contributed by atoms with E-state index in [1.54, 1.807) is 0 Å². The second-order valence-corrected chi connectivity index (χ2v) is 13.7. The molecule has 3 nitrogen and oxygen atoms in total. The van der Waals surface area contributed by atoms with E-state index < -0.39 is 0 Å². The third-order valence-electron chi connectivity index (χ3n) is 10.9. The van der Waals surface area contributed by atoms with E-state index in [1.807, 2.05) is 12.1 Å². The molecule has 0 spiro atoms. The lowest BCUT2D eigenvalue weighted by Gasteiger charge is -2.22. The van der Waals surface area contributed by atoms with E-state index in [9.17, 15) is 0 Å². The number of benzene rings is 7. The first-order valence-corrected chi connectivity index (χ1v) is 16.7. The zero-order valence-corrected chi connectivity index (χ0v) is 26.7. The van der Waals surface area contributed by atoms with Gasteiger partial charge in [-0.2, -0.15) is 0 Å². The topological polar surface area (TPSA) is 23.0 Å². The minimum Gasteiger partial charge on any atom is -0.456 e. The van der Waals surface area contributed by atoms with Gasteiger partial charge in [0.15, 0.2) is 0 Å². The highest BCUT2D eigenvalue weighted by molar-refractivity contribution is 6.26. The summed E-state index contributed by atoms with van der Waals surface area (Å²) in [5.74, 6) is 0. The van der Waals surface area contributed by atoms with Crippen molar-refractivity contribution in [1.29, 1.82) is 0 Å². The summed E-state index contributed by atoms with van der Waals surface area (Å²) in [7, 11) is 0. The number of fused-ring (bicyclic) bond motifs is 13. The molecule has 1 aliphatic rings. The minimum absolute atomic E-state index is 0.0820. The van der Waals surface area contributed by atoms with Crippen LogP contribution in [0.3, 0.4) is 0 Å². The quantitative estimate of drug-likeness (QED) is 0.190. The van der Waals surface area contributed by atoms with Crippen LogP contribution in [0, 0.1) is 0 Å². The zero-order chi connectivity index (χ0) is 31.7. The van der Waals surface area contributed by atoms with Crippen LogP contribution in [0.5, 0.6) is 0 Å².